The summed E-state index contributed by atoms with van der Waals surface area (Å²) in [6.07, 6.45) is 7.82. The van der Waals surface area contributed by atoms with Gasteiger partial charge in [-0.3, -0.25) is 34.0 Å². The normalized spacial score (nSPS) is 21.7. The SMILES string of the molecule is C=CC(=O)N1CC[C@H](C(=O)N(C)[C@H](C(=O)N[C@H]2Cc3coc(n3)-c3ccc4c(c3)c(c(/C(C=C)=C(/N=C\C)[C@H](C)OC)n4CC)CC(C)(C)COC(=O)[C@@H]3CCCN(N3)C2=O)C(C)C)C1. The second-order valence-electron chi connectivity index (χ2n) is 18.4. The Morgan fingerprint density at radius 3 is 2.55 bits per heavy atom. The fourth-order valence-corrected chi connectivity index (χ4v) is 9.38. The van der Waals surface area contributed by atoms with E-state index in [4.69, 9.17) is 23.9 Å². The number of esters is 1. The molecular formula is C49H66N8O8. The highest BCUT2D eigenvalue weighted by molar-refractivity contribution is 5.96. The number of hydrazine groups is 1. The lowest BCUT2D eigenvalue weighted by Gasteiger charge is -2.36. The average Bonchev–Trinajstić information content (AvgIpc) is 4.05. The first-order chi connectivity index (χ1) is 31.0. The Hall–Kier alpha value is -5.87. The molecule has 0 saturated carbocycles. The molecule has 16 nitrogen and oxygen atoms in total. The van der Waals surface area contributed by atoms with Crippen molar-refractivity contribution in [2.24, 2.45) is 22.2 Å². The highest BCUT2D eigenvalue weighted by Crippen LogP contribution is 2.40. The third-order valence-electron chi connectivity index (χ3n) is 12.7. The molecule has 0 aliphatic carbocycles. The first-order valence-corrected chi connectivity index (χ1v) is 22.7. The van der Waals surface area contributed by atoms with Crippen molar-refractivity contribution in [1.29, 1.82) is 0 Å². The van der Waals surface area contributed by atoms with Gasteiger partial charge in [0.2, 0.25) is 23.6 Å². The molecule has 3 aliphatic rings. The predicted molar refractivity (Wildman–Crippen MR) is 249 cm³/mol. The number of carbonyl (C=O) groups is 5. The number of aryl methyl sites for hydroxylation is 1. The molecule has 65 heavy (non-hydrogen) atoms. The number of aromatic nitrogens is 2. The lowest BCUT2D eigenvalue weighted by Crippen LogP contribution is -2.62. The minimum absolute atomic E-state index is 0.0466. The first-order valence-electron chi connectivity index (χ1n) is 22.7. The number of aliphatic imine (C=N–C) groups is 1. The van der Waals surface area contributed by atoms with Gasteiger partial charge in [0.25, 0.3) is 5.91 Å². The summed E-state index contributed by atoms with van der Waals surface area (Å²) in [4.78, 5) is 81.6. The maximum atomic E-state index is 14.6. The fourth-order valence-electron chi connectivity index (χ4n) is 9.38. The third-order valence-corrected chi connectivity index (χ3v) is 12.7. The maximum Gasteiger partial charge on any atom is 0.324 e. The van der Waals surface area contributed by atoms with Crippen molar-refractivity contribution in [2.45, 2.75) is 111 Å². The maximum absolute atomic E-state index is 14.6. The van der Waals surface area contributed by atoms with Crippen molar-refractivity contribution < 1.29 is 37.9 Å². The number of nitrogens with one attached hydrogen (secondary N) is 2. The van der Waals surface area contributed by atoms with Crippen LogP contribution in [0.25, 0.3) is 27.9 Å². The highest BCUT2D eigenvalue weighted by Gasteiger charge is 2.40. The molecule has 6 rings (SSSR count). The number of methoxy groups -OCH3 is 1. The van der Waals surface area contributed by atoms with Gasteiger partial charge in [-0.25, -0.2) is 10.4 Å². The molecule has 2 aromatic heterocycles. The number of oxazole rings is 1. The van der Waals surface area contributed by atoms with E-state index in [1.54, 1.807) is 25.3 Å². The number of carbonyl (C=O) groups excluding carboxylic acids is 5. The van der Waals surface area contributed by atoms with Gasteiger partial charge in [-0.05, 0) is 82.2 Å². The van der Waals surface area contributed by atoms with E-state index in [9.17, 15) is 24.0 Å². The van der Waals surface area contributed by atoms with Gasteiger partial charge in [-0.15, -0.1) is 0 Å². The highest BCUT2D eigenvalue weighted by atomic mass is 16.5. The molecule has 3 aromatic rings. The Morgan fingerprint density at radius 2 is 1.89 bits per heavy atom. The molecular weight excluding hydrogens is 829 g/mol. The van der Waals surface area contributed by atoms with Crippen molar-refractivity contribution in [3.8, 4) is 11.5 Å². The molecule has 350 valence electrons. The molecule has 0 radical (unpaired) electrons. The van der Waals surface area contributed by atoms with E-state index in [1.165, 1.54) is 22.2 Å². The number of hydrogen-bond donors (Lipinski definition) is 2. The van der Waals surface area contributed by atoms with Crippen LogP contribution in [0.2, 0.25) is 0 Å². The quantitative estimate of drug-likeness (QED) is 0.102. The first kappa shape index (κ1) is 48.6. The number of hydrogen-bond acceptors (Lipinski definition) is 11. The van der Waals surface area contributed by atoms with Crippen LogP contribution < -0.4 is 10.7 Å². The number of likely N-dealkylation sites (tertiary alicyclic amines) is 1. The van der Waals surface area contributed by atoms with Crippen LogP contribution in [-0.2, 0) is 52.8 Å². The van der Waals surface area contributed by atoms with Crippen molar-refractivity contribution >= 4 is 52.3 Å². The summed E-state index contributed by atoms with van der Waals surface area (Å²) in [6, 6.07) is 3.11. The van der Waals surface area contributed by atoms with Crippen molar-refractivity contribution in [3.63, 3.8) is 0 Å². The standard InChI is InChI=1S/C49H66N8O8/c1-12-34(41(50-14-3)30(7)63-11)43-36-25-49(8,9)28-65-48(62)37-17-16-21-57(53-37)47(61)38(24-33-27-64-45(51-33)31-18-19-39(35(36)23-31)56(43)15-4)52-44(59)42(29(5)6)54(10)46(60)32-20-22-55(26-32)40(58)13-2/h12-14,18-19,23,27,29-30,32,37-38,42,53H,1-2,15-17,20-22,24-26,28H2,3-11H3,(H,52,59)/b41-34+,50-14-/t30-,32-,37-,38-,42-/m0/s1. The topological polar surface area (TPSA) is 181 Å². The fraction of sp³-hybridized carbons (Fsp3) is 0.531. The molecule has 4 amide bonds. The Labute approximate surface area is 382 Å². The van der Waals surface area contributed by atoms with E-state index in [0.29, 0.717) is 55.9 Å². The molecule has 6 bridgehead atoms. The Balaban J connectivity index is 1.42. The minimum atomic E-state index is -1.16. The molecule has 1 aromatic carbocycles. The molecule has 0 spiro atoms. The number of rotatable bonds is 12. The summed E-state index contributed by atoms with van der Waals surface area (Å²) in [5.41, 5.74) is 8.11. The number of nitrogens with zero attached hydrogens (tertiary/aromatic N) is 6. The Morgan fingerprint density at radius 1 is 1.14 bits per heavy atom. The zero-order chi connectivity index (χ0) is 47.3. The van der Waals surface area contributed by atoms with E-state index in [0.717, 1.165) is 33.4 Å². The third kappa shape index (κ3) is 10.3. The largest absolute Gasteiger partial charge is 0.464 e. The summed E-state index contributed by atoms with van der Waals surface area (Å²) in [7, 11) is 3.23. The zero-order valence-electron chi connectivity index (χ0n) is 39.4. The number of cyclic esters (lactones) is 1. The predicted octanol–water partition coefficient (Wildman–Crippen LogP) is 5.50. The van der Waals surface area contributed by atoms with Crippen LogP contribution in [-0.4, -0.2) is 125 Å². The van der Waals surface area contributed by atoms with E-state index in [-0.39, 0.29) is 50.0 Å². The van der Waals surface area contributed by atoms with Crippen molar-refractivity contribution in [1.82, 2.24) is 35.1 Å². The molecule has 0 unspecified atom stereocenters. The molecule has 5 atom stereocenters. The molecule has 3 aliphatic heterocycles. The van der Waals surface area contributed by atoms with Crippen LogP contribution >= 0.6 is 0 Å². The molecule has 5 heterocycles. The van der Waals surface area contributed by atoms with Gasteiger partial charge in [0.05, 0.1) is 35.7 Å². The Bertz CT molecular complexity index is 2370. The van der Waals surface area contributed by atoms with Gasteiger partial charge in [-0.1, -0.05) is 46.9 Å². The molecule has 2 saturated heterocycles. The van der Waals surface area contributed by atoms with Crippen molar-refractivity contribution in [2.75, 3.05) is 40.4 Å². The lowest BCUT2D eigenvalue weighted by molar-refractivity contribution is -0.155. The van der Waals surface area contributed by atoms with Gasteiger partial charge in [0.15, 0.2) is 0 Å². The van der Waals surface area contributed by atoms with Gasteiger partial charge < -0.3 is 33.6 Å². The number of benzene rings is 1. The van der Waals surface area contributed by atoms with E-state index in [1.807, 2.05) is 52.0 Å². The van der Waals surface area contributed by atoms with E-state index < -0.39 is 47.2 Å². The molecule has 2 fully saturated rings. The summed E-state index contributed by atoms with van der Waals surface area (Å²) in [6.45, 7) is 23.1. The van der Waals surface area contributed by atoms with Gasteiger partial charge in [0.1, 0.15) is 24.4 Å². The number of fused-ring (bicyclic) bond motifs is 6. The van der Waals surface area contributed by atoms with Gasteiger partial charge in [0, 0.05) is 80.4 Å². The minimum Gasteiger partial charge on any atom is -0.464 e. The van der Waals surface area contributed by atoms with Crippen LogP contribution in [0.3, 0.4) is 0 Å². The monoisotopic (exact) mass is 895 g/mol. The molecule has 2 N–H and O–H groups in total. The summed E-state index contributed by atoms with van der Waals surface area (Å²) in [5.74, 6) is -2.50. The number of amides is 4. The van der Waals surface area contributed by atoms with Crippen LogP contribution in [0.1, 0.15) is 84.7 Å². The van der Waals surface area contributed by atoms with Crippen molar-refractivity contribution in [3.05, 3.63) is 72.4 Å². The van der Waals surface area contributed by atoms with E-state index in [2.05, 4.69) is 49.2 Å². The molecule has 16 heteroatoms. The summed E-state index contributed by atoms with van der Waals surface area (Å²) in [5, 5.41) is 5.29. The second-order valence-corrected chi connectivity index (χ2v) is 18.4. The Kier molecular flexibility index (Phi) is 15.3. The van der Waals surface area contributed by atoms with Gasteiger partial charge in [-0.2, -0.15) is 0 Å². The lowest BCUT2D eigenvalue weighted by atomic mass is 9.84. The smallest absolute Gasteiger partial charge is 0.324 e. The van der Waals surface area contributed by atoms with Crippen LogP contribution in [0.5, 0.6) is 0 Å². The number of likely N-dealkylation sites (N-methyl/N-ethyl adjacent to an activating group) is 1. The zero-order valence-corrected chi connectivity index (χ0v) is 39.4. The van der Waals surface area contributed by atoms with Crippen LogP contribution in [0.4, 0.5) is 0 Å². The van der Waals surface area contributed by atoms with E-state index >= 15 is 0 Å². The van der Waals surface area contributed by atoms with Crippen LogP contribution in [0, 0.1) is 17.3 Å². The van der Waals surface area contributed by atoms with Crippen LogP contribution in [0.15, 0.2) is 64.9 Å². The number of allylic oxidation sites excluding steroid dienone is 2. The average molecular weight is 895 g/mol. The summed E-state index contributed by atoms with van der Waals surface area (Å²) < 4.78 is 20.3. The van der Waals surface area contributed by atoms with Gasteiger partial charge >= 0.3 is 5.97 Å². The summed E-state index contributed by atoms with van der Waals surface area (Å²) >= 11 is 0. The second kappa shape index (κ2) is 20.5. The number of ether oxygens (including phenoxy) is 2.